The number of rotatable bonds is 4. The van der Waals surface area contributed by atoms with Crippen LogP contribution in [0.2, 0.25) is 0 Å². The number of benzene rings is 2. The molecule has 1 aliphatic heterocycles. The second kappa shape index (κ2) is 6.97. The maximum absolute atomic E-state index is 12.3. The number of aryl methyl sites for hydroxylation is 2. The van der Waals surface area contributed by atoms with Crippen LogP contribution in [0.25, 0.3) is 0 Å². The van der Waals surface area contributed by atoms with Gasteiger partial charge in [-0.2, -0.15) is 0 Å². The van der Waals surface area contributed by atoms with Crippen molar-refractivity contribution in [2.45, 2.75) is 33.2 Å². The minimum Gasteiger partial charge on any atom is -0.322 e. The summed E-state index contributed by atoms with van der Waals surface area (Å²) in [6, 6.07) is 14.0. The molecule has 1 saturated heterocycles. The number of carbonyl (C=O) groups excluding carboxylic acids is 1. The third-order valence-electron chi connectivity index (χ3n) is 4.59. The number of hydrogen-bond donors (Lipinski definition) is 1. The van der Waals surface area contributed by atoms with Crippen molar-refractivity contribution in [1.29, 1.82) is 0 Å². The number of anilines is 1. The summed E-state index contributed by atoms with van der Waals surface area (Å²) < 4.78 is 0. The van der Waals surface area contributed by atoms with E-state index < -0.39 is 0 Å². The van der Waals surface area contributed by atoms with Crippen molar-refractivity contribution in [3.05, 3.63) is 64.7 Å². The van der Waals surface area contributed by atoms with E-state index in [1.165, 1.54) is 42.6 Å². The summed E-state index contributed by atoms with van der Waals surface area (Å²) in [7, 11) is 0. The van der Waals surface area contributed by atoms with Crippen LogP contribution in [0.15, 0.2) is 42.5 Å². The molecule has 1 N–H and O–H groups in total. The smallest absolute Gasteiger partial charge is 0.255 e. The summed E-state index contributed by atoms with van der Waals surface area (Å²) in [5, 5.41) is 2.97. The van der Waals surface area contributed by atoms with Gasteiger partial charge < -0.3 is 5.32 Å². The van der Waals surface area contributed by atoms with Crippen LogP contribution >= 0.6 is 0 Å². The molecule has 1 fully saturated rings. The van der Waals surface area contributed by atoms with Crippen molar-refractivity contribution >= 4 is 11.6 Å². The van der Waals surface area contributed by atoms with E-state index in [1.54, 1.807) is 0 Å². The summed E-state index contributed by atoms with van der Waals surface area (Å²) >= 11 is 0. The number of carbonyl (C=O) groups is 1. The van der Waals surface area contributed by atoms with Crippen LogP contribution < -0.4 is 5.32 Å². The van der Waals surface area contributed by atoms with Crippen LogP contribution in [0, 0.1) is 13.8 Å². The molecule has 2 aromatic rings. The lowest BCUT2D eigenvalue weighted by molar-refractivity contribution is 0.102. The highest BCUT2D eigenvalue weighted by Gasteiger charge is 2.12. The highest BCUT2D eigenvalue weighted by Crippen LogP contribution is 2.16. The minimum absolute atomic E-state index is 0.0547. The van der Waals surface area contributed by atoms with Gasteiger partial charge in [0.2, 0.25) is 0 Å². The Kier molecular flexibility index (Phi) is 4.77. The Balaban J connectivity index is 1.63. The molecule has 3 rings (SSSR count). The van der Waals surface area contributed by atoms with E-state index >= 15 is 0 Å². The van der Waals surface area contributed by atoms with Crippen LogP contribution in [0.1, 0.15) is 39.9 Å². The van der Waals surface area contributed by atoms with Gasteiger partial charge in [-0.05, 0) is 80.7 Å². The van der Waals surface area contributed by atoms with Gasteiger partial charge in [0.1, 0.15) is 0 Å². The summed E-state index contributed by atoms with van der Waals surface area (Å²) in [4.78, 5) is 14.8. The van der Waals surface area contributed by atoms with Crippen molar-refractivity contribution in [2.24, 2.45) is 0 Å². The zero-order valence-corrected chi connectivity index (χ0v) is 13.9. The van der Waals surface area contributed by atoms with Crippen LogP contribution in [0.5, 0.6) is 0 Å². The molecule has 0 bridgehead atoms. The summed E-state index contributed by atoms with van der Waals surface area (Å²) in [6.45, 7) is 7.49. The van der Waals surface area contributed by atoms with Crippen LogP contribution in [0.3, 0.4) is 0 Å². The molecule has 0 radical (unpaired) electrons. The zero-order valence-electron chi connectivity index (χ0n) is 13.9. The topological polar surface area (TPSA) is 32.3 Å². The largest absolute Gasteiger partial charge is 0.322 e. The predicted molar refractivity (Wildman–Crippen MR) is 94.8 cm³/mol. The van der Waals surface area contributed by atoms with Gasteiger partial charge in [-0.25, -0.2) is 0 Å². The number of nitrogens with one attached hydrogen (secondary N) is 1. The molecular weight excluding hydrogens is 284 g/mol. The van der Waals surface area contributed by atoms with Crippen molar-refractivity contribution in [3.63, 3.8) is 0 Å². The van der Waals surface area contributed by atoms with Gasteiger partial charge in [0, 0.05) is 17.8 Å². The van der Waals surface area contributed by atoms with Crippen molar-refractivity contribution in [2.75, 3.05) is 18.4 Å². The minimum atomic E-state index is -0.0547. The molecule has 120 valence electrons. The molecule has 0 unspecified atom stereocenters. The van der Waals surface area contributed by atoms with Crippen LogP contribution in [0.4, 0.5) is 5.69 Å². The van der Waals surface area contributed by atoms with E-state index in [4.69, 9.17) is 0 Å². The van der Waals surface area contributed by atoms with Gasteiger partial charge >= 0.3 is 0 Å². The first kappa shape index (κ1) is 15.8. The van der Waals surface area contributed by atoms with Crippen molar-refractivity contribution in [3.8, 4) is 0 Å². The van der Waals surface area contributed by atoms with Gasteiger partial charge in [0.05, 0.1) is 0 Å². The summed E-state index contributed by atoms with van der Waals surface area (Å²) in [5.74, 6) is -0.0547. The lowest BCUT2D eigenvalue weighted by atomic mass is 10.1. The lowest BCUT2D eigenvalue weighted by Crippen LogP contribution is -2.18. The Morgan fingerprint density at radius 2 is 1.70 bits per heavy atom. The third kappa shape index (κ3) is 3.99. The SMILES string of the molecule is Cc1ccc(NC(=O)c2ccc(CN3CCCC3)cc2)cc1C. The third-order valence-corrected chi connectivity index (χ3v) is 4.59. The quantitative estimate of drug-likeness (QED) is 0.920. The second-order valence-electron chi connectivity index (χ2n) is 6.43. The average molecular weight is 308 g/mol. The van der Waals surface area contributed by atoms with E-state index in [-0.39, 0.29) is 5.91 Å². The van der Waals surface area contributed by atoms with Gasteiger partial charge in [0.15, 0.2) is 0 Å². The molecule has 0 spiro atoms. The van der Waals surface area contributed by atoms with Crippen LogP contribution in [-0.4, -0.2) is 23.9 Å². The number of nitrogens with zero attached hydrogens (tertiary/aromatic N) is 1. The van der Waals surface area contributed by atoms with Gasteiger partial charge in [-0.1, -0.05) is 18.2 Å². The highest BCUT2D eigenvalue weighted by molar-refractivity contribution is 6.04. The van der Waals surface area contributed by atoms with Crippen molar-refractivity contribution in [1.82, 2.24) is 4.90 Å². The molecule has 0 saturated carbocycles. The normalized spacial score (nSPS) is 14.9. The molecule has 23 heavy (non-hydrogen) atoms. The molecule has 3 heteroatoms. The Morgan fingerprint density at radius 3 is 2.35 bits per heavy atom. The molecule has 1 heterocycles. The molecular formula is C20H24N2O. The van der Waals surface area contributed by atoms with E-state index in [0.29, 0.717) is 5.56 Å². The number of hydrogen-bond acceptors (Lipinski definition) is 2. The fourth-order valence-electron chi connectivity index (χ4n) is 2.98. The predicted octanol–water partition coefficient (Wildman–Crippen LogP) is 4.15. The Labute approximate surface area is 138 Å². The second-order valence-corrected chi connectivity index (χ2v) is 6.43. The molecule has 1 aliphatic rings. The molecule has 0 aliphatic carbocycles. The Morgan fingerprint density at radius 1 is 1.00 bits per heavy atom. The lowest BCUT2D eigenvalue weighted by Gasteiger charge is -2.14. The first-order chi connectivity index (χ1) is 11.1. The van der Waals surface area contributed by atoms with Gasteiger partial charge in [0.25, 0.3) is 5.91 Å². The fourth-order valence-corrected chi connectivity index (χ4v) is 2.98. The number of amides is 1. The van der Waals surface area contributed by atoms with Crippen LogP contribution in [-0.2, 0) is 6.54 Å². The highest BCUT2D eigenvalue weighted by atomic mass is 16.1. The standard InChI is InChI=1S/C20H24N2O/c1-15-5-10-19(13-16(15)2)21-20(23)18-8-6-17(7-9-18)14-22-11-3-4-12-22/h5-10,13H,3-4,11-12,14H2,1-2H3,(H,21,23). The van der Waals surface area contributed by atoms with Crippen molar-refractivity contribution < 1.29 is 4.79 Å². The maximum Gasteiger partial charge on any atom is 0.255 e. The first-order valence-corrected chi connectivity index (χ1v) is 8.32. The van der Waals surface area contributed by atoms with E-state index in [9.17, 15) is 4.79 Å². The Bertz CT molecular complexity index is 685. The molecule has 1 amide bonds. The Hall–Kier alpha value is -2.13. The molecule has 0 atom stereocenters. The van der Waals surface area contributed by atoms with E-state index in [0.717, 1.165) is 12.2 Å². The van der Waals surface area contributed by atoms with Gasteiger partial charge in [-0.15, -0.1) is 0 Å². The first-order valence-electron chi connectivity index (χ1n) is 8.32. The molecule has 0 aromatic heterocycles. The number of likely N-dealkylation sites (tertiary alicyclic amines) is 1. The molecule has 3 nitrogen and oxygen atoms in total. The van der Waals surface area contributed by atoms with E-state index in [2.05, 4.69) is 36.2 Å². The monoisotopic (exact) mass is 308 g/mol. The van der Waals surface area contributed by atoms with E-state index in [1.807, 2.05) is 30.3 Å². The maximum atomic E-state index is 12.3. The summed E-state index contributed by atoms with van der Waals surface area (Å²) in [6.07, 6.45) is 2.60. The zero-order chi connectivity index (χ0) is 16.2. The average Bonchev–Trinajstić information content (AvgIpc) is 3.04. The van der Waals surface area contributed by atoms with Gasteiger partial charge in [-0.3, -0.25) is 9.69 Å². The fraction of sp³-hybridized carbons (Fsp3) is 0.350. The molecule has 2 aromatic carbocycles. The summed E-state index contributed by atoms with van der Waals surface area (Å²) in [5.41, 5.74) is 5.24.